The van der Waals surface area contributed by atoms with E-state index >= 15 is 0 Å². The third-order valence-corrected chi connectivity index (χ3v) is 8.72. The number of aromatic nitrogens is 1. The second kappa shape index (κ2) is 12.8. The Hall–Kier alpha value is -3.43. The molecule has 1 saturated heterocycles. The molecular formula is C32H37ClFN3O5. The standard InChI is InChI=1S/C32H37ClFN3O5/c1-19(2)36-17-26(25-5-3-4-6-29(25)36)31(39)35-28-12-7-20(13-27(28)33)14-30(38)37-16-22(34)15-23(37)18-42-24-10-8-21(9-11-24)32(40)41/h3-7,12-13,17,19,21-24H,8-11,14-16,18H2,1-2H3,(H,35,39)(H,40,41)/t21-,22-,23-,24-/m0/s1. The van der Waals surface area contributed by atoms with Gasteiger partial charge in [0.25, 0.3) is 5.91 Å². The summed E-state index contributed by atoms with van der Waals surface area (Å²) in [6.07, 6.45) is 3.36. The maximum absolute atomic E-state index is 14.4. The van der Waals surface area contributed by atoms with Crippen molar-refractivity contribution in [3.05, 3.63) is 64.8 Å². The van der Waals surface area contributed by atoms with Gasteiger partial charge in [0, 0.05) is 29.6 Å². The summed E-state index contributed by atoms with van der Waals surface area (Å²) in [4.78, 5) is 39.2. The number of halogens is 2. The van der Waals surface area contributed by atoms with Gasteiger partial charge in [-0.25, -0.2) is 4.39 Å². The second-order valence-corrected chi connectivity index (χ2v) is 12.1. The zero-order valence-corrected chi connectivity index (χ0v) is 24.6. The monoisotopic (exact) mass is 597 g/mol. The van der Waals surface area contributed by atoms with Crippen molar-refractivity contribution in [1.29, 1.82) is 0 Å². The molecule has 10 heteroatoms. The van der Waals surface area contributed by atoms with Crippen molar-refractivity contribution in [2.45, 2.75) is 76.7 Å². The summed E-state index contributed by atoms with van der Waals surface area (Å²) >= 11 is 6.53. The Morgan fingerprint density at radius 1 is 1.12 bits per heavy atom. The van der Waals surface area contributed by atoms with Gasteiger partial charge in [-0.1, -0.05) is 35.9 Å². The van der Waals surface area contributed by atoms with Gasteiger partial charge in [-0.2, -0.15) is 0 Å². The molecule has 224 valence electrons. The van der Waals surface area contributed by atoms with E-state index < -0.39 is 12.1 Å². The molecule has 42 heavy (non-hydrogen) atoms. The van der Waals surface area contributed by atoms with Crippen LogP contribution < -0.4 is 5.32 Å². The molecule has 2 aliphatic rings. The first-order valence-corrected chi connectivity index (χ1v) is 15.0. The molecule has 2 amide bonds. The summed E-state index contributed by atoms with van der Waals surface area (Å²) in [5.41, 5.74) is 2.62. The molecule has 1 aliphatic carbocycles. The SMILES string of the molecule is CC(C)n1cc(C(=O)Nc2ccc(CC(=O)N3C[C@@H](F)C[C@H]3CO[C@H]3CC[C@H](C(=O)O)CC3)cc2Cl)c2ccccc21. The van der Waals surface area contributed by atoms with Crippen molar-refractivity contribution in [2.24, 2.45) is 5.92 Å². The molecule has 5 rings (SSSR count). The number of nitrogens with zero attached hydrogens (tertiary/aromatic N) is 2. The van der Waals surface area contributed by atoms with Crippen LogP contribution in [0.3, 0.4) is 0 Å². The van der Waals surface area contributed by atoms with Crippen LogP contribution in [0.5, 0.6) is 0 Å². The summed E-state index contributed by atoms with van der Waals surface area (Å²) in [6, 6.07) is 12.6. The van der Waals surface area contributed by atoms with Gasteiger partial charge in [-0.3, -0.25) is 14.4 Å². The highest BCUT2D eigenvalue weighted by Crippen LogP contribution is 2.30. The number of hydrogen-bond acceptors (Lipinski definition) is 4. The fraction of sp³-hybridized carbons (Fsp3) is 0.469. The van der Waals surface area contributed by atoms with E-state index in [9.17, 15) is 23.9 Å². The van der Waals surface area contributed by atoms with Gasteiger partial charge in [-0.15, -0.1) is 0 Å². The highest BCUT2D eigenvalue weighted by Gasteiger charge is 2.36. The van der Waals surface area contributed by atoms with Gasteiger partial charge in [0.2, 0.25) is 5.91 Å². The summed E-state index contributed by atoms with van der Waals surface area (Å²) in [7, 11) is 0. The van der Waals surface area contributed by atoms with E-state index in [0.29, 0.717) is 47.5 Å². The molecule has 0 radical (unpaired) electrons. The number of carboxylic acids is 1. The number of ether oxygens (including phenoxy) is 1. The number of carboxylic acid groups (broad SMARTS) is 1. The lowest BCUT2D eigenvalue weighted by Gasteiger charge is -2.29. The summed E-state index contributed by atoms with van der Waals surface area (Å²) < 4.78 is 22.4. The van der Waals surface area contributed by atoms with Gasteiger partial charge in [0.15, 0.2) is 0 Å². The van der Waals surface area contributed by atoms with Crippen molar-refractivity contribution in [3.8, 4) is 0 Å². The van der Waals surface area contributed by atoms with Gasteiger partial charge in [0.05, 0.1) is 53.9 Å². The van der Waals surface area contributed by atoms with Gasteiger partial charge >= 0.3 is 5.97 Å². The van der Waals surface area contributed by atoms with E-state index in [1.165, 1.54) is 0 Å². The second-order valence-electron chi connectivity index (χ2n) is 11.7. The summed E-state index contributed by atoms with van der Waals surface area (Å²) in [6.45, 7) is 4.37. The molecule has 2 fully saturated rings. The quantitative estimate of drug-likeness (QED) is 0.303. The number of aliphatic carboxylic acids is 1. The largest absolute Gasteiger partial charge is 0.481 e. The number of rotatable bonds is 9. The van der Waals surface area contributed by atoms with E-state index in [4.69, 9.17) is 16.3 Å². The van der Waals surface area contributed by atoms with Crippen LogP contribution in [0.4, 0.5) is 10.1 Å². The van der Waals surface area contributed by atoms with Crippen molar-refractivity contribution >= 4 is 46.0 Å². The summed E-state index contributed by atoms with van der Waals surface area (Å²) in [5.74, 6) is -1.59. The average Bonchev–Trinajstić information content (AvgIpc) is 3.54. The van der Waals surface area contributed by atoms with E-state index in [1.54, 1.807) is 23.1 Å². The zero-order valence-electron chi connectivity index (χ0n) is 23.9. The smallest absolute Gasteiger partial charge is 0.306 e. The molecule has 0 spiro atoms. The Labute approximate surface area is 249 Å². The lowest BCUT2D eigenvalue weighted by atomic mass is 9.87. The van der Waals surface area contributed by atoms with E-state index in [-0.39, 0.29) is 61.9 Å². The first kappa shape index (κ1) is 30.0. The van der Waals surface area contributed by atoms with Gasteiger partial charge < -0.3 is 24.6 Å². The highest BCUT2D eigenvalue weighted by atomic mass is 35.5. The first-order valence-electron chi connectivity index (χ1n) is 14.6. The van der Waals surface area contributed by atoms with Gasteiger partial charge in [-0.05, 0) is 63.3 Å². The fourth-order valence-corrected chi connectivity index (χ4v) is 6.35. The molecule has 8 nitrogen and oxygen atoms in total. The molecule has 2 atom stereocenters. The first-order chi connectivity index (χ1) is 20.1. The Morgan fingerprint density at radius 3 is 2.55 bits per heavy atom. The third-order valence-electron chi connectivity index (χ3n) is 8.41. The van der Waals surface area contributed by atoms with Crippen LogP contribution in [0.1, 0.15) is 67.9 Å². The number of benzene rings is 2. The number of carbonyl (C=O) groups excluding carboxylic acids is 2. The van der Waals surface area contributed by atoms with Crippen LogP contribution in [0.15, 0.2) is 48.7 Å². The molecule has 3 aromatic rings. The topological polar surface area (TPSA) is 101 Å². The number of carbonyl (C=O) groups is 3. The predicted octanol–water partition coefficient (Wildman–Crippen LogP) is 6.27. The van der Waals surface area contributed by atoms with Crippen LogP contribution in [-0.4, -0.2) is 63.8 Å². The Morgan fingerprint density at radius 2 is 1.86 bits per heavy atom. The van der Waals surface area contributed by atoms with Crippen molar-refractivity contribution in [2.75, 3.05) is 18.5 Å². The highest BCUT2D eigenvalue weighted by molar-refractivity contribution is 6.34. The molecule has 1 saturated carbocycles. The minimum absolute atomic E-state index is 0.0183. The maximum Gasteiger partial charge on any atom is 0.306 e. The zero-order chi connectivity index (χ0) is 30.0. The van der Waals surface area contributed by atoms with Crippen LogP contribution in [0.25, 0.3) is 10.9 Å². The van der Waals surface area contributed by atoms with E-state index in [1.807, 2.05) is 30.5 Å². The Kier molecular flexibility index (Phi) is 9.18. The number of nitrogens with one attached hydrogen (secondary N) is 1. The lowest BCUT2D eigenvalue weighted by Crippen LogP contribution is -2.40. The number of anilines is 1. The predicted molar refractivity (Wildman–Crippen MR) is 160 cm³/mol. The molecule has 0 bridgehead atoms. The third kappa shape index (κ3) is 6.63. The molecular weight excluding hydrogens is 561 g/mol. The van der Waals surface area contributed by atoms with Gasteiger partial charge in [0.1, 0.15) is 6.17 Å². The minimum atomic E-state index is -1.12. The molecule has 1 aromatic heterocycles. The Balaban J connectivity index is 1.20. The van der Waals surface area contributed by atoms with Crippen LogP contribution >= 0.6 is 11.6 Å². The number of hydrogen-bond donors (Lipinski definition) is 2. The van der Waals surface area contributed by atoms with Crippen molar-refractivity contribution in [3.63, 3.8) is 0 Å². The normalized spacial score (nSPS) is 22.5. The number of amides is 2. The molecule has 2 N–H and O–H groups in total. The number of para-hydroxylation sites is 1. The van der Waals surface area contributed by atoms with Crippen LogP contribution in [-0.2, 0) is 20.7 Å². The molecule has 0 unspecified atom stereocenters. The van der Waals surface area contributed by atoms with Crippen LogP contribution in [0.2, 0.25) is 5.02 Å². The van der Waals surface area contributed by atoms with Crippen molar-refractivity contribution < 1.29 is 28.6 Å². The Bertz CT molecular complexity index is 1470. The minimum Gasteiger partial charge on any atom is -0.481 e. The number of alkyl halides is 1. The number of fused-ring (bicyclic) bond motifs is 1. The van der Waals surface area contributed by atoms with E-state index in [2.05, 4.69) is 23.7 Å². The van der Waals surface area contributed by atoms with Crippen LogP contribution in [0, 0.1) is 5.92 Å². The van der Waals surface area contributed by atoms with E-state index in [0.717, 1.165) is 10.9 Å². The molecule has 1 aliphatic heterocycles. The lowest BCUT2D eigenvalue weighted by molar-refractivity contribution is -0.144. The van der Waals surface area contributed by atoms with Crippen molar-refractivity contribution in [1.82, 2.24) is 9.47 Å². The summed E-state index contributed by atoms with van der Waals surface area (Å²) in [5, 5.41) is 13.2. The fourth-order valence-electron chi connectivity index (χ4n) is 6.10. The number of likely N-dealkylation sites (tertiary alicyclic amines) is 1. The average molecular weight is 598 g/mol. The molecule has 2 aromatic carbocycles. The molecule has 2 heterocycles. The maximum atomic E-state index is 14.4.